The van der Waals surface area contributed by atoms with Crippen LogP contribution in [-0.2, 0) is 16.1 Å². The van der Waals surface area contributed by atoms with Gasteiger partial charge in [-0.15, -0.1) is 0 Å². The Bertz CT molecular complexity index is 460. The quantitative estimate of drug-likeness (QED) is 0.807. The smallest absolute Gasteiger partial charge is 0.305 e. The van der Waals surface area contributed by atoms with Gasteiger partial charge in [0.05, 0.1) is 12.5 Å². The maximum absolute atomic E-state index is 12.1. The molecular formula is C14H20N2O3. The number of carbonyl (C=O) groups excluding carboxylic acids is 1. The number of benzene rings is 1. The second-order valence-electron chi connectivity index (χ2n) is 4.48. The number of nitrogens with two attached hydrogens (primary N) is 1. The number of aliphatic carboxylic acids is 1. The molecule has 1 amide bonds. The highest BCUT2D eigenvalue weighted by molar-refractivity contribution is 5.85. The number of nitrogens with zero attached hydrogens (tertiary/aromatic N) is 1. The Morgan fingerprint density at radius 3 is 2.53 bits per heavy atom. The highest BCUT2D eigenvalue weighted by atomic mass is 16.4. The minimum absolute atomic E-state index is 0.326. The van der Waals surface area contributed by atoms with Crippen molar-refractivity contribution in [2.75, 3.05) is 6.54 Å². The van der Waals surface area contributed by atoms with Crippen LogP contribution in [0.5, 0.6) is 0 Å². The molecule has 0 radical (unpaired) electrons. The van der Waals surface area contributed by atoms with Crippen LogP contribution in [0.25, 0.3) is 0 Å². The summed E-state index contributed by atoms with van der Waals surface area (Å²) < 4.78 is 0. The van der Waals surface area contributed by atoms with Gasteiger partial charge in [0.25, 0.3) is 0 Å². The van der Waals surface area contributed by atoms with Crippen molar-refractivity contribution in [3.05, 3.63) is 35.4 Å². The van der Waals surface area contributed by atoms with E-state index in [0.717, 1.165) is 11.1 Å². The molecule has 1 unspecified atom stereocenters. The number of carboxylic acids is 1. The Morgan fingerprint density at radius 1 is 1.37 bits per heavy atom. The third-order valence-electron chi connectivity index (χ3n) is 3.03. The summed E-state index contributed by atoms with van der Waals surface area (Å²) in [5.41, 5.74) is 7.75. The van der Waals surface area contributed by atoms with Gasteiger partial charge in [-0.1, -0.05) is 24.3 Å². The first-order valence-corrected chi connectivity index (χ1v) is 6.26. The van der Waals surface area contributed by atoms with Crippen LogP contribution >= 0.6 is 0 Å². The average molecular weight is 264 g/mol. The van der Waals surface area contributed by atoms with E-state index in [0.29, 0.717) is 13.1 Å². The van der Waals surface area contributed by atoms with E-state index in [1.807, 2.05) is 38.1 Å². The molecule has 0 fully saturated rings. The van der Waals surface area contributed by atoms with Gasteiger partial charge in [-0.25, -0.2) is 0 Å². The maximum Gasteiger partial charge on any atom is 0.305 e. The third-order valence-corrected chi connectivity index (χ3v) is 3.03. The van der Waals surface area contributed by atoms with Gasteiger partial charge in [0.1, 0.15) is 0 Å². The van der Waals surface area contributed by atoms with Crippen LogP contribution in [0.4, 0.5) is 0 Å². The van der Waals surface area contributed by atoms with Gasteiger partial charge in [-0.3, -0.25) is 9.59 Å². The van der Waals surface area contributed by atoms with E-state index in [9.17, 15) is 9.59 Å². The van der Waals surface area contributed by atoms with Gasteiger partial charge in [-0.2, -0.15) is 0 Å². The fourth-order valence-electron chi connectivity index (χ4n) is 1.85. The number of hydrogen-bond acceptors (Lipinski definition) is 3. The van der Waals surface area contributed by atoms with Crippen LogP contribution in [0.15, 0.2) is 24.3 Å². The molecule has 0 aliphatic rings. The second-order valence-corrected chi connectivity index (χ2v) is 4.48. The Hall–Kier alpha value is -1.88. The van der Waals surface area contributed by atoms with Crippen LogP contribution in [0.2, 0.25) is 0 Å². The Morgan fingerprint density at radius 2 is 2.00 bits per heavy atom. The zero-order valence-electron chi connectivity index (χ0n) is 11.3. The van der Waals surface area contributed by atoms with Crippen molar-refractivity contribution in [2.24, 2.45) is 5.73 Å². The molecule has 5 nitrogen and oxygen atoms in total. The van der Waals surface area contributed by atoms with Gasteiger partial charge < -0.3 is 15.7 Å². The zero-order chi connectivity index (χ0) is 14.4. The standard InChI is InChI=1S/C14H20N2O3/c1-3-16(14(19)12(15)8-13(17)18)9-11-7-5-4-6-10(11)2/h4-7,12H,3,8-9,15H2,1-2H3,(H,17,18). The van der Waals surface area contributed by atoms with Crippen molar-refractivity contribution in [2.45, 2.75) is 32.9 Å². The molecule has 3 N–H and O–H groups in total. The largest absolute Gasteiger partial charge is 0.481 e. The van der Waals surface area contributed by atoms with E-state index >= 15 is 0 Å². The Balaban J connectivity index is 2.75. The summed E-state index contributed by atoms with van der Waals surface area (Å²) >= 11 is 0. The lowest BCUT2D eigenvalue weighted by molar-refractivity contribution is -0.142. The fourth-order valence-corrected chi connectivity index (χ4v) is 1.85. The van der Waals surface area contributed by atoms with Crippen LogP contribution in [0.3, 0.4) is 0 Å². The van der Waals surface area contributed by atoms with Crippen LogP contribution in [0.1, 0.15) is 24.5 Å². The van der Waals surface area contributed by atoms with Crippen molar-refractivity contribution < 1.29 is 14.7 Å². The van der Waals surface area contributed by atoms with Gasteiger partial charge in [-0.05, 0) is 25.0 Å². The molecule has 0 aromatic heterocycles. The average Bonchev–Trinajstić information content (AvgIpc) is 2.36. The first-order valence-electron chi connectivity index (χ1n) is 6.26. The van der Waals surface area contributed by atoms with Gasteiger partial charge in [0, 0.05) is 13.1 Å². The number of carbonyl (C=O) groups is 2. The highest BCUT2D eigenvalue weighted by Crippen LogP contribution is 2.11. The minimum atomic E-state index is -1.06. The Kier molecular flexibility index (Phi) is 5.51. The summed E-state index contributed by atoms with van der Waals surface area (Å²) in [4.78, 5) is 24.2. The first-order chi connectivity index (χ1) is 8.95. The molecule has 104 valence electrons. The summed E-state index contributed by atoms with van der Waals surface area (Å²) in [5, 5.41) is 8.67. The SMILES string of the molecule is CCN(Cc1ccccc1C)C(=O)C(N)CC(=O)O. The van der Waals surface area contributed by atoms with Gasteiger partial charge in [0.15, 0.2) is 0 Å². The molecule has 0 saturated heterocycles. The topological polar surface area (TPSA) is 83.6 Å². The third kappa shape index (κ3) is 4.37. The molecule has 1 aromatic rings. The number of rotatable bonds is 6. The molecular weight excluding hydrogens is 244 g/mol. The Labute approximate surface area is 113 Å². The van der Waals surface area contributed by atoms with Crippen LogP contribution in [-0.4, -0.2) is 34.5 Å². The molecule has 0 heterocycles. The predicted octanol–water partition coefficient (Wildman–Crippen LogP) is 1.15. The summed E-state index contributed by atoms with van der Waals surface area (Å²) in [6.45, 7) is 4.78. The molecule has 0 aliphatic carbocycles. The lowest BCUT2D eigenvalue weighted by atomic mass is 10.1. The van der Waals surface area contributed by atoms with Crippen LogP contribution < -0.4 is 5.73 Å². The summed E-state index contributed by atoms with van der Waals surface area (Å²) in [5.74, 6) is -1.39. The number of amides is 1. The molecule has 0 aliphatic heterocycles. The minimum Gasteiger partial charge on any atom is -0.481 e. The van der Waals surface area contributed by atoms with Crippen molar-refractivity contribution in [1.82, 2.24) is 4.90 Å². The molecule has 19 heavy (non-hydrogen) atoms. The molecule has 1 atom stereocenters. The van der Waals surface area contributed by atoms with E-state index in [4.69, 9.17) is 10.8 Å². The van der Waals surface area contributed by atoms with Crippen molar-refractivity contribution in [3.8, 4) is 0 Å². The summed E-state index contributed by atoms with van der Waals surface area (Å²) in [6.07, 6.45) is -0.344. The first kappa shape index (κ1) is 15.2. The fraction of sp³-hybridized carbons (Fsp3) is 0.429. The zero-order valence-corrected chi connectivity index (χ0v) is 11.3. The van der Waals surface area contributed by atoms with Crippen molar-refractivity contribution in [3.63, 3.8) is 0 Å². The molecule has 1 aromatic carbocycles. The molecule has 0 spiro atoms. The van der Waals surface area contributed by atoms with E-state index < -0.39 is 12.0 Å². The van der Waals surface area contributed by atoms with Gasteiger partial charge in [0.2, 0.25) is 5.91 Å². The van der Waals surface area contributed by atoms with E-state index in [2.05, 4.69) is 0 Å². The van der Waals surface area contributed by atoms with E-state index in [1.165, 1.54) is 0 Å². The number of carboxylic acid groups (broad SMARTS) is 1. The van der Waals surface area contributed by atoms with Crippen molar-refractivity contribution >= 4 is 11.9 Å². The van der Waals surface area contributed by atoms with Crippen molar-refractivity contribution in [1.29, 1.82) is 0 Å². The monoisotopic (exact) mass is 264 g/mol. The van der Waals surface area contributed by atoms with E-state index in [-0.39, 0.29) is 12.3 Å². The summed E-state index contributed by atoms with van der Waals surface area (Å²) in [6, 6.07) is 6.80. The molecule has 1 rings (SSSR count). The van der Waals surface area contributed by atoms with E-state index in [1.54, 1.807) is 4.90 Å². The molecule has 5 heteroatoms. The number of likely N-dealkylation sites (N-methyl/N-ethyl adjacent to an activating group) is 1. The second kappa shape index (κ2) is 6.89. The van der Waals surface area contributed by atoms with Crippen LogP contribution in [0, 0.1) is 6.92 Å². The molecule has 0 saturated carbocycles. The predicted molar refractivity (Wildman–Crippen MR) is 72.5 cm³/mol. The lowest BCUT2D eigenvalue weighted by Crippen LogP contribution is -2.44. The normalized spacial score (nSPS) is 11.9. The number of hydrogen-bond donors (Lipinski definition) is 2. The van der Waals surface area contributed by atoms with Gasteiger partial charge >= 0.3 is 5.97 Å². The molecule has 0 bridgehead atoms. The lowest BCUT2D eigenvalue weighted by Gasteiger charge is -2.24. The maximum atomic E-state index is 12.1. The highest BCUT2D eigenvalue weighted by Gasteiger charge is 2.22. The number of aryl methyl sites for hydroxylation is 1. The summed E-state index contributed by atoms with van der Waals surface area (Å²) in [7, 11) is 0.